The lowest BCUT2D eigenvalue weighted by Crippen LogP contribution is -2.38. The average molecular weight is 275 g/mol. The van der Waals surface area contributed by atoms with Crippen molar-refractivity contribution in [3.63, 3.8) is 0 Å². The molecule has 1 aromatic carbocycles. The van der Waals surface area contributed by atoms with Gasteiger partial charge in [0.2, 0.25) is 5.91 Å². The number of nitriles is 1. The van der Waals surface area contributed by atoms with Crippen LogP contribution in [0.25, 0.3) is 0 Å². The second-order valence-corrected chi connectivity index (χ2v) is 5.70. The summed E-state index contributed by atoms with van der Waals surface area (Å²) in [6.07, 6.45) is 0.257. The van der Waals surface area contributed by atoms with Crippen molar-refractivity contribution in [3.05, 3.63) is 24.3 Å². The first-order valence-electron chi connectivity index (χ1n) is 6.48. The van der Waals surface area contributed by atoms with Gasteiger partial charge in [0.25, 0.3) is 0 Å². The number of anilines is 1. The van der Waals surface area contributed by atoms with Crippen molar-refractivity contribution in [1.82, 2.24) is 0 Å². The maximum atomic E-state index is 11.9. The van der Waals surface area contributed by atoms with Gasteiger partial charge in [-0.15, -0.1) is 0 Å². The highest BCUT2D eigenvalue weighted by Gasteiger charge is 2.23. The van der Waals surface area contributed by atoms with E-state index in [-0.39, 0.29) is 30.4 Å². The zero-order valence-electron chi connectivity index (χ0n) is 12.1. The number of nitrogens with zero attached hydrogens (tertiary/aromatic N) is 1. The second-order valence-electron chi connectivity index (χ2n) is 5.70. The first-order valence-corrected chi connectivity index (χ1v) is 6.48. The van der Waals surface area contributed by atoms with Crippen LogP contribution in [0.1, 0.15) is 27.2 Å². The molecule has 0 aromatic heterocycles. The number of benzene rings is 1. The summed E-state index contributed by atoms with van der Waals surface area (Å²) < 4.78 is 5.18. The quantitative estimate of drug-likeness (QED) is 0.863. The van der Waals surface area contributed by atoms with E-state index < -0.39 is 0 Å². The summed E-state index contributed by atoms with van der Waals surface area (Å²) in [5.41, 5.74) is 6.49. The summed E-state index contributed by atoms with van der Waals surface area (Å²) in [6.45, 7) is 5.98. The van der Waals surface area contributed by atoms with Crippen LogP contribution in [0, 0.1) is 16.7 Å². The molecule has 0 aliphatic heterocycles. The van der Waals surface area contributed by atoms with E-state index in [0.29, 0.717) is 11.4 Å². The molecule has 0 saturated carbocycles. The smallest absolute Gasteiger partial charge is 0.225 e. The number of carbonyl (C=O) groups excluding carboxylic acids is 1. The molecule has 0 radical (unpaired) electrons. The highest BCUT2D eigenvalue weighted by Crippen LogP contribution is 2.21. The second kappa shape index (κ2) is 6.92. The third-order valence-electron chi connectivity index (χ3n) is 2.94. The molecular formula is C15H21N3O2. The van der Waals surface area contributed by atoms with Gasteiger partial charge >= 0.3 is 0 Å². The Kier molecular flexibility index (Phi) is 5.53. The number of nitrogens with one attached hydrogen (secondary N) is 1. The van der Waals surface area contributed by atoms with Crippen LogP contribution in [0.2, 0.25) is 0 Å². The Bertz CT molecular complexity index is 501. The molecule has 0 aliphatic rings. The SMILES string of the molecule is CC(C)(C)C(N)CC(=O)Nc1cccc(OCC#N)c1. The van der Waals surface area contributed by atoms with E-state index in [1.807, 2.05) is 26.8 Å². The van der Waals surface area contributed by atoms with Crippen LogP contribution >= 0.6 is 0 Å². The minimum atomic E-state index is -0.208. The van der Waals surface area contributed by atoms with Gasteiger partial charge in [-0.3, -0.25) is 4.79 Å². The van der Waals surface area contributed by atoms with Gasteiger partial charge in [-0.2, -0.15) is 5.26 Å². The van der Waals surface area contributed by atoms with Crippen molar-refractivity contribution < 1.29 is 9.53 Å². The molecule has 0 saturated heterocycles. The Labute approximate surface area is 119 Å². The van der Waals surface area contributed by atoms with Crippen LogP contribution in [0.15, 0.2) is 24.3 Å². The van der Waals surface area contributed by atoms with E-state index in [9.17, 15) is 4.79 Å². The molecule has 0 bridgehead atoms. The summed E-state index contributed by atoms with van der Waals surface area (Å²) in [7, 11) is 0. The van der Waals surface area contributed by atoms with Crippen LogP contribution in [0.3, 0.4) is 0 Å². The van der Waals surface area contributed by atoms with Crippen LogP contribution in [0.5, 0.6) is 5.75 Å². The fourth-order valence-corrected chi connectivity index (χ4v) is 1.50. The summed E-state index contributed by atoms with van der Waals surface area (Å²) in [4.78, 5) is 11.9. The summed E-state index contributed by atoms with van der Waals surface area (Å²) in [5, 5.41) is 11.2. The largest absolute Gasteiger partial charge is 0.479 e. The Hall–Kier alpha value is -2.06. The topological polar surface area (TPSA) is 88.1 Å². The Morgan fingerprint density at radius 1 is 1.50 bits per heavy atom. The zero-order chi connectivity index (χ0) is 15.2. The highest BCUT2D eigenvalue weighted by molar-refractivity contribution is 5.91. The number of rotatable bonds is 5. The van der Waals surface area contributed by atoms with Gasteiger partial charge in [-0.25, -0.2) is 0 Å². The van der Waals surface area contributed by atoms with Gasteiger partial charge in [0, 0.05) is 24.2 Å². The number of ether oxygens (including phenoxy) is 1. The first kappa shape index (κ1) is 16.0. The minimum absolute atomic E-state index is 0.0215. The van der Waals surface area contributed by atoms with Crippen LogP contribution in [-0.2, 0) is 4.79 Å². The lowest BCUT2D eigenvalue weighted by atomic mass is 9.85. The molecule has 1 amide bonds. The summed E-state index contributed by atoms with van der Waals surface area (Å²) in [6, 6.07) is 8.61. The standard InChI is InChI=1S/C15H21N3O2/c1-15(2,3)13(17)10-14(19)18-11-5-4-6-12(9-11)20-8-7-16/h4-6,9,13H,8,10,17H2,1-3H3,(H,18,19). The van der Waals surface area contributed by atoms with Crippen molar-refractivity contribution in [3.8, 4) is 11.8 Å². The van der Waals surface area contributed by atoms with Crippen molar-refractivity contribution in [2.24, 2.45) is 11.1 Å². The summed E-state index contributed by atoms with van der Waals surface area (Å²) >= 11 is 0. The van der Waals surface area contributed by atoms with Gasteiger partial charge in [0.1, 0.15) is 11.8 Å². The van der Waals surface area contributed by atoms with Crippen molar-refractivity contribution in [2.45, 2.75) is 33.2 Å². The van der Waals surface area contributed by atoms with Gasteiger partial charge in [0.05, 0.1) is 0 Å². The van der Waals surface area contributed by atoms with Crippen LogP contribution in [-0.4, -0.2) is 18.6 Å². The molecule has 0 fully saturated rings. The normalized spacial score (nSPS) is 12.3. The minimum Gasteiger partial charge on any atom is -0.479 e. The molecule has 108 valence electrons. The third-order valence-corrected chi connectivity index (χ3v) is 2.94. The van der Waals surface area contributed by atoms with E-state index in [4.69, 9.17) is 15.7 Å². The van der Waals surface area contributed by atoms with Crippen LogP contribution < -0.4 is 15.8 Å². The molecule has 1 atom stereocenters. The average Bonchev–Trinajstić information content (AvgIpc) is 2.35. The van der Waals surface area contributed by atoms with Gasteiger partial charge in [-0.05, 0) is 17.5 Å². The monoisotopic (exact) mass is 275 g/mol. The fourth-order valence-electron chi connectivity index (χ4n) is 1.50. The van der Waals surface area contributed by atoms with Gasteiger partial charge in [-0.1, -0.05) is 26.8 Å². The van der Waals surface area contributed by atoms with Gasteiger partial charge < -0.3 is 15.8 Å². The molecule has 20 heavy (non-hydrogen) atoms. The van der Waals surface area contributed by atoms with E-state index in [0.717, 1.165) is 0 Å². The third kappa shape index (κ3) is 5.29. The summed E-state index contributed by atoms with van der Waals surface area (Å²) in [5.74, 6) is 0.411. The molecule has 5 nitrogen and oxygen atoms in total. The maximum absolute atomic E-state index is 11.9. The molecule has 5 heteroatoms. The molecule has 0 spiro atoms. The predicted molar refractivity (Wildman–Crippen MR) is 78.2 cm³/mol. The molecule has 1 aromatic rings. The lowest BCUT2D eigenvalue weighted by molar-refractivity contribution is -0.117. The number of nitrogens with two attached hydrogens (primary N) is 1. The fraction of sp³-hybridized carbons (Fsp3) is 0.467. The van der Waals surface area contributed by atoms with Crippen molar-refractivity contribution >= 4 is 11.6 Å². The zero-order valence-corrected chi connectivity index (χ0v) is 12.1. The molecule has 1 unspecified atom stereocenters. The van der Waals surface area contributed by atoms with E-state index >= 15 is 0 Å². The highest BCUT2D eigenvalue weighted by atomic mass is 16.5. The molecule has 1 rings (SSSR count). The number of carbonyl (C=O) groups is 1. The van der Waals surface area contributed by atoms with Gasteiger partial charge in [0.15, 0.2) is 6.61 Å². The maximum Gasteiger partial charge on any atom is 0.225 e. The van der Waals surface area contributed by atoms with Crippen molar-refractivity contribution in [2.75, 3.05) is 11.9 Å². The van der Waals surface area contributed by atoms with E-state index in [1.165, 1.54) is 0 Å². The molecule has 0 aliphatic carbocycles. The van der Waals surface area contributed by atoms with Crippen molar-refractivity contribution in [1.29, 1.82) is 5.26 Å². The van der Waals surface area contributed by atoms with Crippen LogP contribution in [0.4, 0.5) is 5.69 Å². The molecule has 0 heterocycles. The first-order chi connectivity index (χ1) is 9.32. The van der Waals surface area contributed by atoms with E-state index in [2.05, 4.69) is 5.32 Å². The van der Waals surface area contributed by atoms with E-state index in [1.54, 1.807) is 24.3 Å². The number of hydrogen-bond donors (Lipinski definition) is 2. The Morgan fingerprint density at radius 3 is 2.80 bits per heavy atom. The number of hydrogen-bond acceptors (Lipinski definition) is 4. The molecular weight excluding hydrogens is 254 g/mol. The Balaban J connectivity index is 2.60. The lowest BCUT2D eigenvalue weighted by Gasteiger charge is -2.26. The number of amides is 1. The predicted octanol–water partition coefficient (Wildman–Crippen LogP) is 2.29. The molecule has 3 N–H and O–H groups in total. The Morgan fingerprint density at radius 2 is 2.20 bits per heavy atom.